The Bertz CT molecular complexity index is 339. The molecular formula is C9H11F3N2O. The molecular weight excluding hydrogens is 209 g/mol. The van der Waals surface area contributed by atoms with Crippen LogP contribution in [0.5, 0.6) is 5.75 Å². The summed E-state index contributed by atoms with van der Waals surface area (Å²) in [7, 11) is 0. The van der Waals surface area contributed by atoms with Crippen LogP contribution in [-0.4, -0.2) is 12.9 Å². The van der Waals surface area contributed by atoms with E-state index in [9.17, 15) is 13.2 Å². The average Bonchev–Trinajstić information content (AvgIpc) is 2.07. The van der Waals surface area contributed by atoms with Crippen molar-refractivity contribution in [3.63, 3.8) is 0 Å². The predicted molar refractivity (Wildman–Crippen MR) is 51.7 cm³/mol. The molecule has 6 heteroatoms. The lowest BCUT2D eigenvalue weighted by atomic mass is 10.2. The van der Waals surface area contributed by atoms with Gasteiger partial charge in [0.2, 0.25) is 0 Å². The predicted octanol–water partition coefficient (Wildman–Crippen LogP) is 2.60. The number of nitrogen functional groups attached to an aromatic ring is 1. The van der Waals surface area contributed by atoms with Crippen LogP contribution in [0.25, 0.3) is 0 Å². The van der Waals surface area contributed by atoms with Gasteiger partial charge in [0.1, 0.15) is 5.75 Å². The first-order valence-corrected chi connectivity index (χ1v) is 4.31. The number of rotatable bonds is 3. The summed E-state index contributed by atoms with van der Waals surface area (Å²) < 4.78 is 39.2. The van der Waals surface area contributed by atoms with Gasteiger partial charge in [-0.05, 0) is 19.1 Å². The second kappa shape index (κ2) is 4.29. The minimum atomic E-state index is -4.69. The summed E-state index contributed by atoms with van der Waals surface area (Å²) in [5.41, 5.74) is 6.33. The molecule has 0 aliphatic rings. The monoisotopic (exact) mass is 220 g/mol. The molecule has 1 aromatic rings. The largest absolute Gasteiger partial charge is 0.573 e. The van der Waals surface area contributed by atoms with Gasteiger partial charge in [-0.3, -0.25) is 0 Å². The SMILES string of the molecule is CCNc1ccc(OC(F)(F)F)cc1N. The summed E-state index contributed by atoms with van der Waals surface area (Å²) in [6.45, 7) is 2.50. The molecule has 0 saturated carbocycles. The third-order valence-electron chi connectivity index (χ3n) is 1.62. The number of hydrogen-bond acceptors (Lipinski definition) is 3. The number of benzene rings is 1. The van der Waals surface area contributed by atoms with E-state index in [-0.39, 0.29) is 11.4 Å². The van der Waals surface area contributed by atoms with Crippen LogP contribution in [0.3, 0.4) is 0 Å². The normalized spacial score (nSPS) is 11.2. The lowest BCUT2D eigenvalue weighted by Gasteiger charge is -2.11. The van der Waals surface area contributed by atoms with Gasteiger partial charge in [-0.25, -0.2) is 0 Å². The van der Waals surface area contributed by atoms with E-state index in [0.29, 0.717) is 12.2 Å². The van der Waals surface area contributed by atoms with E-state index < -0.39 is 6.36 Å². The molecule has 0 bridgehead atoms. The van der Waals surface area contributed by atoms with Gasteiger partial charge in [0, 0.05) is 12.6 Å². The topological polar surface area (TPSA) is 47.3 Å². The fraction of sp³-hybridized carbons (Fsp3) is 0.333. The van der Waals surface area contributed by atoms with E-state index in [2.05, 4.69) is 10.1 Å². The van der Waals surface area contributed by atoms with Crippen molar-refractivity contribution in [2.75, 3.05) is 17.6 Å². The van der Waals surface area contributed by atoms with Gasteiger partial charge in [-0.15, -0.1) is 13.2 Å². The lowest BCUT2D eigenvalue weighted by molar-refractivity contribution is -0.274. The minimum absolute atomic E-state index is 0.221. The zero-order chi connectivity index (χ0) is 11.5. The van der Waals surface area contributed by atoms with Crippen molar-refractivity contribution in [3.8, 4) is 5.75 Å². The highest BCUT2D eigenvalue weighted by molar-refractivity contribution is 5.68. The fourth-order valence-corrected chi connectivity index (χ4v) is 1.09. The molecule has 0 heterocycles. The first-order valence-electron chi connectivity index (χ1n) is 4.31. The highest BCUT2D eigenvalue weighted by Gasteiger charge is 2.31. The minimum Gasteiger partial charge on any atom is -0.406 e. The van der Waals surface area contributed by atoms with Gasteiger partial charge >= 0.3 is 6.36 Å². The molecule has 0 spiro atoms. The van der Waals surface area contributed by atoms with Gasteiger partial charge in [0.15, 0.2) is 0 Å². The molecule has 0 aliphatic carbocycles. The average molecular weight is 220 g/mol. The molecule has 3 N–H and O–H groups in total. The number of anilines is 2. The molecule has 1 rings (SSSR count). The third-order valence-corrected chi connectivity index (χ3v) is 1.62. The molecule has 0 saturated heterocycles. The highest BCUT2D eigenvalue weighted by Crippen LogP contribution is 2.28. The van der Waals surface area contributed by atoms with Crippen molar-refractivity contribution in [1.82, 2.24) is 0 Å². The molecule has 3 nitrogen and oxygen atoms in total. The molecule has 15 heavy (non-hydrogen) atoms. The second-order valence-corrected chi connectivity index (χ2v) is 2.83. The molecule has 0 fully saturated rings. The Hall–Kier alpha value is -1.59. The Kier molecular flexibility index (Phi) is 3.28. The second-order valence-electron chi connectivity index (χ2n) is 2.83. The van der Waals surface area contributed by atoms with E-state index in [0.717, 1.165) is 6.07 Å². The molecule has 0 amide bonds. The summed E-state index contributed by atoms with van der Waals surface area (Å²) in [4.78, 5) is 0. The van der Waals surface area contributed by atoms with Gasteiger partial charge in [0.25, 0.3) is 0 Å². The highest BCUT2D eigenvalue weighted by atomic mass is 19.4. The zero-order valence-electron chi connectivity index (χ0n) is 8.06. The maximum Gasteiger partial charge on any atom is 0.573 e. The van der Waals surface area contributed by atoms with E-state index >= 15 is 0 Å². The van der Waals surface area contributed by atoms with Gasteiger partial charge in [-0.1, -0.05) is 0 Å². The van der Waals surface area contributed by atoms with E-state index in [1.54, 1.807) is 0 Å². The number of ether oxygens (including phenoxy) is 1. The smallest absolute Gasteiger partial charge is 0.406 e. The summed E-state index contributed by atoms with van der Waals surface area (Å²) in [6.07, 6.45) is -4.69. The quantitative estimate of drug-likeness (QED) is 0.769. The Morgan fingerprint density at radius 2 is 2.07 bits per heavy atom. The Balaban J connectivity index is 2.82. The van der Waals surface area contributed by atoms with E-state index in [4.69, 9.17) is 5.73 Å². The zero-order valence-corrected chi connectivity index (χ0v) is 8.06. The maximum atomic E-state index is 11.8. The van der Waals surface area contributed by atoms with Gasteiger partial charge in [-0.2, -0.15) is 0 Å². The molecule has 0 aliphatic heterocycles. The van der Waals surface area contributed by atoms with Gasteiger partial charge in [0.05, 0.1) is 11.4 Å². The van der Waals surface area contributed by atoms with Crippen LogP contribution in [0, 0.1) is 0 Å². The molecule has 84 valence electrons. The van der Waals surface area contributed by atoms with Crippen molar-refractivity contribution in [1.29, 1.82) is 0 Å². The standard InChI is InChI=1S/C9H11F3N2O/c1-2-14-8-4-3-6(5-7(8)13)15-9(10,11)12/h3-5,14H,2,13H2,1H3. The molecule has 0 radical (unpaired) electrons. The van der Waals surface area contributed by atoms with Crippen LogP contribution in [0.1, 0.15) is 6.92 Å². The number of nitrogens with two attached hydrogens (primary N) is 1. The fourth-order valence-electron chi connectivity index (χ4n) is 1.09. The summed E-state index contributed by atoms with van der Waals surface area (Å²) in [5, 5.41) is 2.90. The number of hydrogen-bond donors (Lipinski definition) is 2. The van der Waals surface area contributed by atoms with Crippen LogP contribution < -0.4 is 15.8 Å². The van der Waals surface area contributed by atoms with E-state index in [1.807, 2.05) is 6.92 Å². The van der Waals surface area contributed by atoms with Crippen molar-refractivity contribution < 1.29 is 17.9 Å². The first-order chi connectivity index (χ1) is 6.92. The first kappa shape index (κ1) is 11.5. The third kappa shape index (κ3) is 3.57. The summed E-state index contributed by atoms with van der Waals surface area (Å²) in [5.74, 6) is -0.318. The van der Waals surface area contributed by atoms with Crippen molar-refractivity contribution >= 4 is 11.4 Å². The number of alkyl halides is 3. The molecule has 0 unspecified atom stereocenters. The number of nitrogens with one attached hydrogen (secondary N) is 1. The molecule has 0 atom stereocenters. The Morgan fingerprint density at radius 1 is 1.40 bits per heavy atom. The maximum absolute atomic E-state index is 11.8. The van der Waals surface area contributed by atoms with Gasteiger partial charge < -0.3 is 15.8 Å². The van der Waals surface area contributed by atoms with Crippen LogP contribution in [0.15, 0.2) is 18.2 Å². The van der Waals surface area contributed by atoms with Crippen LogP contribution in [-0.2, 0) is 0 Å². The van der Waals surface area contributed by atoms with Crippen LogP contribution >= 0.6 is 0 Å². The number of halogens is 3. The van der Waals surface area contributed by atoms with E-state index in [1.165, 1.54) is 12.1 Å². The summed E-state index contributed by atoms with van der Waals surface area (Å²) >= 11 is 0. The molecule has 1 aromatic carbocycles. The Labute approximate surface area is 85.0 Å². The Morgan fingerprint density at radius 3 is 2.53 bits per heavy atom. The molecule has 0 aromatic heterocycles. The van der Waals surface area contributed by atoms with Crippen molar-refractivity contribution in [2.24, 2.45) is 0 Å². The summed E-state index contributed by atoms with van der Waals surface area (Å²) in [6, 6.07) is 3.78. The van der Waals surface area contributed by atoms with Crippen LogP contribution in [0.2, 0.25) is 0 Å². The lowest BCUT2D eigenvalue weighted by Crippen LogP contribution is -2.17. The van der Waals surface area contributed by atoms with Crippen LogP contribution in [0.4, 0.5) is 24.5 Å². The van der Waals surface area contributed by atoms with Crippen molar-refractivity contribution in [3.05, 3.63) is 18.2 Å². The van der Waals surface area contributed by atoms with Crippen molar-refractivity contribution in [2.45, 2.75) is 13.3 Å².